The van der Waals surface area contributed by atoms with E-state index in [1.165, 1.54) is 67.2 Å². The van der Waals surface area contributed by atoms with Crippen LogP contribution >= 0.6 is 0 Å². The van der Waals surface area contributed by atoms with Crippen molar-refractivity contribution >= 4 is 21.7 Å². The predicted octanol–water partition coefficient (Wildman–Crippen LogP) is 5.66. The van der Waals surface area contributed by atoms with Gasteiger partial charge in [-0.05, 0) is 60.1 Å². The van der Waals surface area contributed by atoms with Gasteiger partial charge in [-0.15, -0.1) is 0 Å². The van der Waals surface area contributed by atoms with Gasteiger partial charge >= 0.3 is 0 Å². The van der Waals surface area contributed by atoms with E-state index in [1.54, 1.807) is 10.5 Å². The van der Waals surface area contributed by atoms with Crippen molar-refractivity contribution in [3.8, 4) is 0 Å². The van der Waals surface area contributed by atoms with E-state index >= 15 is 0 Å². The molecular weight excluding hydrogens is 272 g/mol. The first-order chi connectivity index (χ1) is 10.4. The minimum absolute atomic E-state index is 0.544. The van der Waals surface area contributed by atoms with Crippen LogP contribution in [0.2, 0.25) is 0 Å². The van der Waals surface area contributed by atoms with E-state index in [2.05, 4.69) is 36.4 Å². The van der Waals surface area contributed by atoms with Gasteiger partial charge in [0.15, 0.2) is 4.90 Å². The lowest BCUT2D eigenvalue weighted by atomic mass is 9.83. The Morgan fingerprint density at radius 1 is 0.714 bits per heavy atom. The fourth-order valence-corrected chi connectivity index (χ4v) is 6.34. The molecule has 0 bridgehead atoms. The third-order valence-electron chi connectivity index (χ3n) is 5.28. The first-order valence-electron chi connectivity index (χ1n) is 8.61. The third-order valence-corrected chi connectivity index (χ3v) is 7.76. The molecule has 110 valence electrons. The van der Waals surface area contributed by atoms with Crippen LogP contribution in [0, 0.1) is 0 Å². The summed E-state index contributed by atoms with van der Waals surface area (Å²) in [4.78, 5) is 1.60. The molecule has 0 nitrogen and oxygen atoms in total. The second-order valence-electron chi connectivity index (χ2n) is 6.71. The van der Waals surface area contributed by atoms with Crippen LogP contribution in [0.1, 0.15) is 56.4 Å². The van der Waals surface area contributed by atoms with Crippen LogP contribution in [0.25, 0.3) is 10.8 Å². The summed E-state index contributed by atoms with van der Waals surface area (Å²) in [5.41, 5.74) is 1.58. The number of hydrogen-bond acceptors (Lipinski definition) is 0. The molecule has 0 unspecified atom stereocenters. The highest BCUT2D eigenvalue weighted by Gasteiger charge is 2.26. The average Bonchev–Trinajstić information content (AvgIpc) is 3.09. The molecule has 0 spiro atoms. The lowest BCUT2D eigenvalue weighted by Gasteiger charge is -2.22. The van der Waals surface area contributed by atoms with Crippen LogP contribution in [0.5, 0.6) is 0 Å². The molecule has 1 saturated heterocycles. The molecule has 1 heterocycles. The van der Waals surface area contributed by atoms with Crippen LogP contribution in [0.4, 0.5) is 0 Å². The van der Waals surface area contributed by atoms with Gasteiger partial charge in [0.1, 0.15) is 11.5 Å². The van der Waals surface area contributed by atoms with Crippen molar-refractivity contribution in [3.05, 3.63) is 42.0 Å². The molecule has 1 aliphatic heterocycles. The number of hydrogen-bond donors (Lipinski definition) is 0. The Bertz CT molecular complexity index is 619. The van der Waals surface area contributed by atoms with Crippen molar-refractivity contribution in [1.29, 1.82) is 0 Å². The molecule has 0 N–H and O–H groups in total. The highest BCUT2D eigenvalue weighted by molar-refractivity contribution is 7.97. The summed E-state index contributed by atoms with van der Waals surface area (Å²) in [7, 11) is 0.544. The number of benzene rings is 2. The quantitative estimate of drug-likeness (QED) is 0.628. The zero-order valence-corrected chi connectivity index (χ0v) is 13.6. The molecule has 4 rings (SSSR count). The fourth-order valence-electron chi connectivity index (χ4n) is 4.00. The predicted molar refractivity (Wildman–Crippen MR) is 94.4 cm³/mol. The molecular formula is C20H25S+. The second kappa shape index (κ2) is 6.04. The Balaban J connectivity index is 1.64. The van der Waals surface area contributed by atoms with Gasteiger partial charge in [-0.3, -0.25) is 0 Å². The zero-order chi connectivity index (χ0) is 14.1. The van der Waals surface area contributed by atoms with Crippen molar-refractivity contribution in [2.24, 2.45) is 0 Å². The normalized spacial score (nSPS) is 21.1. The second-order valence-corrected chi connectivity index (χ2v) is 8.98. The van der Waals surface area contributed by atoms with Crippen molar-refractivity contribution in [2.75, 3.05) is 11.5 Å². The molecule has 0 atom stereocenters. The molecule has 1 aliphatic carbocycles. The van der Waals surface area contributed by atoms with Crippen LogP contribution in [-0.2, 0) is 10.9 Å². The van der Waals surface area contributed by atoms with E-state index in [0.717, 1.165) is 5.92 Å². The van der Waals surface area contributed by atoms with Crippen LogP contribution < -0.4 is 0 Å². The van der Waals surface area contributed by atoms with E-state index in [4.69, 9.17) is 0 Å². The van der Waals surface area contributed by atoms with Gasteiger partial charge in [-0.1, -0.05) is 37.5 Å². The van der Waals surface area contributed by atoms with E-state index in [0.29, 0.717) is 10.9 Å². The highest BCUT2D eigenvalue weighted by Crippen LogP contribution is 2.34. The molecule has 0 amide bonds. The molecule has 2 fully saturated rings. The van der Waals surface area contributed by atoms with Crippen molar-refractivity contribution in [2.45, 2.75) is 55.8 Å². The summed E-state index contributed by atoms with van der Waals surface area (Å²) in [6.45, 7) is 0. The van der Waals surface area contributed by atoms with Crippen molar-refractivity contribution in [1.82, 2.24) is 0 Å². The first kappa shape index (κ1) is 13.7. The lowest BCUT2D eigenvalue weighted by molar-refractivity contribution is 0.444. The summed E-state index contributed by atoms with van der Waals surface area (Å²) >= 11 is 0. The van der Waals surface area contributed by atoms with E-state index in [1.807, 2.05) is 0 Å². The molecule has 0 aromatic heterocycles. The summed E-state index contributed by atoms with van der Waals surface area (Å²) in [6, 6.07) is 14.5. The Labute approximate surface area is 131 Å². The SMILES string of the molecule is c1cc2cc([S+]3CCCC3)ccc2cc1C1CCCCC1. The lowest BCUT2D eigenvalue weighted by Crippen LogP contribution is -2.05. The summed E-state index contributed by atoms with van der Waals surface area (Å²) in [6.07, 6.45) is 9.94. The third kappa shape index (κ3) is 2.85. The smallest absolute Gasteiger partial charge is 0.0581 e. The summed E-state index contributed by atoms with van der Waals surface area (Å²) < 4.78 is 0. The topological polar surface area (TPSA) is 0 Å². The van der Waals surface area contributed by atoms with Gasteiger partial charge < -0.3 is 0 Å². The van der Waals surface area contributed by atoms with Crippen LogP contribution in [0.15, 0.2) is 41.3 Å². The minimum Gasteiger partial charge on any atom is -0.0581 e. The maximum absolute atomic E-state index is 2.47. The van der Waals surface area contributed by atoms with Gasteiger partial charge in [-0.25, -0.2) is 0 Å². The molecule has 2 aromatic rings. The monoisotopic (exact) mass is 297 g/mol. The van der Waals surface area contributed by atoms with Crippen LogP contribution in [-0.4, -0.2) is 11.5 Å². The van der Waals surface area contributed by atoms with Gasteiger partial charge in [0.05, 0.1) is 0 Å². The largest absolute Gasteiger partial charge is 0.155 e. The summed E-state index contributed by atoms with van der Waals surface area (Å²) in [5.74, 6) is 3.66. The van der Waals surface area contributed by atoms with Crippen molar-refractivity contribution < 1.29 is 0 Å². The minimum atomic E-state index is 0.544. The van der Waals surface area contributed by atoms with Gasteiger partial charge in [0.2, 0.25) is 0 Å². The van der Waals surface area contributed by atoms with Gasteiger partial charge in [0.25, 0.3) is 0 Å². The first-order valence-corrected chi connectivity index (χ1v) is 10.2. The Morgan fingerprint density at radius 2 is 1.43 bits per heavy atom. The van der Waals surface area contributed by atoms with E-state index in [9.17, 15) is 0 Å². The van der Waals surface area contributed by atoms with E-state index < -0.39 is 0 Å². The Morgan fingerprint density at radius 3 is 2.24 bits per heavy atom. The van der Waals surface area contributed by atoms with Gasteiger partial charge in [-0.2, -0.15) is 0 Å². The highest BCUT2D eigenvalue weighted by atomic mass is 32.2. The molecule has 1 heteroatoms. The number of rotatable bonds is 2. The molecule has 1 saturated carbocycles. The van der Waals surface area contributed by atoms with E-state index in [-0.39, 0.29) is 0 Å². The Hall–Kier alpha value is -0.950. The standard InChI is InChI=1S/C20H25S/c1-2-6-16(7-3-1)17-8-9-19-15-20(11-10-18(19)14-17)21-12-4-5-13-21/h8-11,14-16H,1-7,12-13H2/q+1. The Kier molecular flexibility index (Phi) is 3.94. The maximum Gasteiger partial charge on any atom is 0.155 e. The number of fused-ring (bicyclic) bond motifs is 1. The fraction of sp³-hybridized carbons (Fsp3) is 0.500. The molecule has 2 aliphatic rings. The summed E-state index contributed by atoms with van der Waals surface area (Å²) in [5, 5.41) is 2.90. The molecule has 2 aromatic carbocycles. The zero-order valence-electron chi connectivity index (χ0n) is 12.8. The molecule has 0 radical (unpaired) electrons. The van der Waals surface area contributed by atoms with Gasteiger partial charge in [0, 0.05) is 17.0 Å². The van der Waals surface area contributed by atoms with Crippen molar-refractivity contribution in [3.63, 3.8) is 0 Å². The molecule has 21 heavy (non-hydrogen) atoms. The average molecular weight is 297 g/mol. The maximum atomic E-state index is 2.47. The van der Waals surface area contributed by atoms with Crippen LogP contribution in [0.3, 0.4) is 0 Å².